The molecule has 0 bridgehead atoms. The van der Waals surface area contributed by atoms with Gasteiger partial charge in [0.05, 0.1) is 0 Å². The maximum atomic E-state index is 3.84. The van der Waals surface area contributed by atoms with Crippen molar-refractivity contribution in [1.82, 2.24) is 0 Å². The average molecular weight is 244 g/mol. The topological polar surface area (TPSA) is 0 Å². The quantitative estimate of drug-likeness (QED) is 0.664. The highest BCUT2D eigenvalue weighted by atomic mass is 127. The number of benzene rings is 1. The Morgan fingerprint density at radius 3 is 2.20 bits per heavy atom. The van der Waals surface area contributed by atoms with Crippen molar-refractivity contribution in [3.63, 3.8) is 0 Å². The first-order chi connectivity index (χ1) is 4.70. The fourth-order valence-corrected chi connectivity index (χ4v) is 1.09. The van der Waals surface area contributed by atoms with Crippen LogP contribution < -0.4 is 0 Å². The molecule has 0 heterocycles. The van der Waals surface area contributed by atoms with Gasteiger partial charge in [0.15, 0.2) is 0 Å². The van der Waals surface area contributed by atoms with Crippen molar-refractivity contribution < 1.29 is 0 Å². The van der Waals surface area contributed by atoms with E-state index in [2.05, 4.69) is 60.4 Å². The zero-order valence-corrected chi connectivity index (χ0v) is 8.05. The van der Waals surface area contributed by atoms with Crippen LogP contribution in [0, 0.1) is 6.92 Å². The molecule has 0 amide bonds. The van der Waals surface area contributed by atoms with Gasteiger partial charge in [-0.3, -0.25) is 0 Å². The lowest BCUT2D eigenvalue weighted by Crippen LogP contribution is -1.74. The molecule has 0 saturated heterocycles. The van der Waals surface area contributed by atoms with E-state index in [1.807, 2.05) is 0 Å². The van der Waals surface area contributed by atoms with Crippen LogP contribution >= 0.6 is 22.6 Å². The van der Waals surface area contributed by atoms with Gasteiger partial charge in [0.25, 0.3) is 0 Å². The summed E-state index contributed by atoms with van der Waals surface area (Å²) in [5, 5.41) is 0. The summed E-state index contributed by atoms with van der Waals surface area (Å²) in [6.07, 6.45) is 0. The highest BCUT2D eigenvalue weighted by Crippen LogP contribution is 2.18. The normalized spacial score (nSPS) is 9.40. The van der Waals surface area contributed by atoms with E-state index in [-0.39, 0.29) is 0 Å². The average Bonchev–Trinajstić information content (AvgIpc) is 1.88. The smallest absolute Gasteiger partial charge is 0.0130 e. The van der Waals surface area contributed by atoms with Gasteiger partial charge in [0.2, 0.25) is 0 Å². The first-order valence-corrected chi connectivity index (χ1v) is 4.19. The third-order valence-corrected chi connectivity index (χ3v) is 1.99. The predicted molar refractivity (Wildman–Crippen MR) is 54.2 cm³/mol. The van der Waals surface area contributed by atoms with E-state index in [0.29, 0.717) is 0 Å². The SMILES string of the molecule is C=C(I)c1ccc(C)cc1. The zero-order valence-electron chi connectivity index (χ0n) is 5.89. The molecule has 0 aliphatic rings. The zero-order chi connectivity index (χ0) is 7.56. The minimum Gasteiger partial charge on any atom is -0.0850 e. The van der Waals surface area contributed by atoms with Crippen LogP contribution in [0.1, 0.15) is 11.1 Å². The van der Waals surface area contributed by atoms with Crippen molar-refractivity contribution in [1.29, 1.82) is 0 Å². The third kappa shape index (κ3) is 1.84. The monoisotopic (exact) mass is 244 g/mol. The Hall–Kier alpha value is -0.310. The molecule has 0 spiro atoms. The lowest BCUT2D eigenvalue weighted by atomic mass is 10.2. The molecule has 0 saturated carbocycles. The lowest BCUT2D eigenvalue weighted by Gasteiger charge is -1.96. The van der Waals surface area contributed by atoms with Gasteiger partial charge >= 0.3 is 0 Å². The Kier molecular flexibility index (Phi) is 2.49. The molecule has 0 fully saturated rings. The molecule has 0 atom stereocenters. The minimum absolute atomic E-state index is 1.10. The van der Waals surface area contributed by atoms with Crippen LogP contribution in [0.4, 0.5) is 0 Å². The van der Waals surface area contributed by atoms with E-state index >= 15 is 0 Å². The number of hydrogen-bond acceptors (Lipinski definition) is 0. The summed E-state index contributed by atoms with van der Waals surface area (Å²) in [5.41, 5.74) is 2.51. The molecule has 1 aromatic rings. The Labute approximate surface area is 75.1 Å². The molecule has 1 rings (SSSR count). The molecule has 0 nitrogen and oxygen atoms in total. The van der Waals surface area contributed by atoms with Gasteiger partial charge in [0.1, 0.15) is 0 Å². The summed E-state index contributed by atoms with van der Waals surface area (Å²) in [4.78, 5) is 0. The Morgan fingerprint density at radius 2 is 1.80 bits per heavy atom. The fourth-order valence-electron chi connectivity index (χ4n) is 0.734. The second kappa shape index (κ2) is 3.19. The second-order valence-electron chi connectivity index (χ2n) is 2.27. The molecule has 10 heavy (non-hydrogen) atoms. The van der Waals surface area contributed by atoms with Crippen LogP contribution in [-0.2, 0) is 0 Å². The highest BCUT2D eigenvalue weighted by molar-refractivity contribution is 14.1. The summed E-state index contributed by atoms with van der Waals surface area (Å²) in [7, 11) is 0. The summed E-state index contributed by atoms with van der Waals surface area (Å²) in [5.74, 6) is 0. The molecule has 0 aliphatic heterocycles. The van der Waals surface area contributed by atoms with E-state index in [1.54, 1.807) is 0 Å². The molecule has 1 heteroatoms. The number of hydrogen-bond donors (Lipinski definition) is 0. The summed E-state index contributed by atoms with van der Waals surface area (Å²) < 4.78 is 1.10. The molecule has 0 aliphatic carbocycles. The first kappa shape index (κ1) is 7.79. The van der Waals surface area contributed by atoms with E-state index < -0.39 is 0 Å². The van der Waals surface area contributed by atoms with Crippen LogP contribution in [0.5, 0.6) is 0 Å². The van der Waals surface area contributed by atoms with Crippen LogP contribution in [0.3, 0.4) is 0 Å². The molecular formula is C9H9I. The Morgan fingerprint density at radius 1 is 1.30 bits per heavy atom. The number of rotatable bonds is 1. The summed E-state index contributed by atoms with van der Waals surface area (Å²) >= 11 is 2.23. The third-order valence-electron chi connectivity index (χ3n) is 1.36. The van der Waals surface area contributed by atoms with Crippen molar-refractivity contribution in [2.45, 2.75) is 6.92 Å². The van der Waals surface area contributed by atoms with Gasteiger partial charge in [-0.1, -0.05) is 36.4 Å². The maximum absolute atomic E-state index is 3.84. The minimum atomic E-state index is 1.10. The van der Waals surface area contributed by atoms with Crippen molar-refractivity contribution in [2.24, 2.45) is 0 Å². The van der Waals surface area contributed by atoms with Gasteiger partial charge in [-0.05, 0) is 35.1 Å². The van der Waals surface area contributed by atoms with Gasteiger partial charge < -0.3 is 0 Å². The van der Waals surface area contributed by atoms with Gasteiger partial charge in [-0.15, -0.1) is 0 Å². The second-order valence-corrected chi connectivity index (χ2v) is 3.57. The Balaban J connectivity index is 3.00. The van der Waals surface area contributed by atoms with Crippen molar-refractivity contribution in [3.8, 4) is 0 Å². The summed E-state index contributed by atoms with van der Waals surface area (Å²) in [6.45, 7) is 5.92. The van der Waals surface area contributed by atoms with E-state index in [1.165, 1.54) is 11.1 Å². The highest BCUT2D eigenvalue weighted by Gasteiger charge is 1.91. The van der Waals surface area contributed by atoms with E-state index in [4.69, 9.17) is 0 Å². The van der Waals surface area contributed by atoms with Crippen molar-refractivity contribution in [2.75, 3.05) is 0 Å². The van der Waals surface area contributed by atoms with E-state index in [0.717, 1.165) is 3.58 Å². The van der Waals surface area contributed by atoms with Crippen LogP contribution in [0.15, 0.2) is 30.8 Å². The number of halogens is 1. The van der Waals surface area contributed by atoms with Gasteiger partial charge in [-0.25, -0.2) is 0 Å². The van der Waals surface area contributed by atoms with Crippen molar-refractivity contribution >= 4 is 26.2 Å². The van der Waals surface area contributed by atoms with Gasteiger partial charge in [-0.2, -0.15) is 0 Å². The molecule has 1 aromatic carbocycles. The Bertz CT molecular complexity index is 233. The molecule has 52 valence electrons. The molecule has 0 aromatic heterocycles. The van der Waals surface area contributed by atoms with E-state index in [9.17, 15) is 0 Å². The van der Waals surface area contributed by atoms with Gasteiger partial charge in [0, 0.05) is 3.58 Å². The van der Waals surface area contributed by atoms with Crippen LogP contribution in [-0.4, -0.2) is 0 Å². The van der Waals surface area contributed by atoms with Crippen molar-refractivity contribution in [3.05, 3.63) is 42.0 Å². The van der Waals surface area contributed by atoms with Crippen LogP contribution in [0.2, 0.25) is 0 Å². The molecule has 0 N–H and O–H groups in total. The molecular weight excluding hydrogens is 235 g/mol. The van der Waals surface area contributed by atoms with Crippen LogP contribution in [0.25, 0.3) is 3.58 Å². The lowest BCUT2D eigenvalue weighted by molar-refractivity contribution is 1.46. The largest absolute Gasteiger partial charge is 0.0850 e. The molecule has 0 radical (unpaired) electrons. The first-order valence-electron chi connectivity index (χ1n) is 3.11. The molecule has 0 unspecified atom stereocenters. The maximum Gasteiger partial charge on any atom is 0.0130 e. The standard InChI is InChI=1S/C9H9I/c1-7-3-5-9(6-4-7)8(2)10/h3-6H,2H2,1H3. The fraction of sp³-hybridized carbons (Fsp3) is 0.111. The summed E-state index contributed by atoms with van der Waals surface area (Å²) in [6, 6.07) is 8.37. The number of aryl methyl sites for hydroxylation is 1. The predicted octanol–water partition coefficient (Wildman–Crippen LogP) is 3.40.